The molecular formula is C18H12FNO4. The van der Waals surface area contributed by atoms with Crippen molar-refractivity contribution in [3.8, 4) is 0 Å². The molecule has 5 nitrogen and oxygen atoms in total. The quantitative estimate of drug-likeness (QED) is 0.591. The first-order valence-corrected chi connectivity index (χ1v) is 7.12. The van der Waals surface area contributed by atoms with Crippen molar-refractivity contribution in [3.05, 3.63) is 81.9 Å². The van der Waals surface area contributed by atoms with Crippen LogP contribution in [0, 0.1) is 5.82 Å². The van der Waals surface area contributed by atoms with Crippen molar-refractivity contribution in [2.24, 2.45) is 0 Å². The summed E-state index contributed by atoms with van der Waals surface area (Å²) in [6, 6.07) is 12.8. The molecular weight excluding hydrogens is 313 g/mol. The van der Waals surface area contributed by atoms with Crippen LogP contribution in [0.5, 0.6) is 0 Å². The Morgan fingerprint density at radius 3 is 2.50 bits per heavy atom. The predicted molar refractivity (Wildman–Crippen MR) is 85.6 cm³/mol. The molecule has 0 spiro atoms. The Bertz CT molecular complexity index is 976. The lowest BCUT2D eigenvalue weighted by Gasteiger charge is -2.07. The first kappa shape index (κ1) is 15.6. The van der Waals surface area contributed by atoms with E-state index in [4.69, 9.17) is 4.74 Å². The number of para-hydroxylation sites is 1. The van der Waals surface area contributed by atoms with Crippen LogP contribution >= 0.6 is 0 Å². The van der Waals surface area contributed by atoms with Gasteiger partial charge in [-0.2, -0.15) is 0 Å². The maximum absolute atomic E-state index is 12.8. The third kappa shape index (κ3) is 3.22. The summed E-state index contributed by atoms with van der Waals surface area (Å²) in [5.41, 5.74) is 0.383. The molecule has 1 aromatic heterocycles. The Labute approximate surface area is 135 Å². The summed E-state index contributed by atoms with van der Waals surface area (Å²) >= 11 is 0. The fourth-order valence-corrected chi connectivity index (χ4v) is 2.30. The Morgan fingerprint density at radius 2 is 1.75 bits per heavy atom. The van der Waals surface area contributed by atoms with E-state index < -0.39 is 29.7 Å². The number of Topliss-reactive ketones (excluding diaryl/α,β-unsaturated/α-hetero) is 1. The van der Waals surface area contributed by atoms with E-state index in [0.29, 0.717) is 10.9 Å². The maximum atomic E-state index is 12.8. The van der Waals surface area contributed by atoms with Gasteiger partial charge < -0.3 is 9.72 Å². The molecule has 0 aliphatic carbocycles. The molecule has 120 valence electrons. The van der Waals surface area contributed by atoms with Gasteiger partial charge >= 0.3 is 5.97 Å². The number of halogens is 1. The number of nitrogens with one attached hydrogen (secondary N) is 1. The van der Waals surface area contributed by atoms with Gasteiger partial charge in [0, 0.05) is 22.5 Å². The van der Waals surface area contributed by atoms with E-state index in [1.807, 2.05) is 0 Å². The molecule has 24 heavy (non-hydrogen) atoms. The number of aromatic nitrogens is 1. The monoisotopic (exact) mass is 325 g/mol. The first-order valence-electron chi connectivity index (χ1n) is 7.12. The second kappa shape index (κ2) is 6.45. The number of aromatic amines is 1. The molecule has 0 bridgehead atoms. The van der Waals surface area contributed by atoms with E-state index in [0.717, 1.165) is 18.2 Å². The average molecular weight is 325 g/mol. The standard InChI is InChI=1S/C18H12FNO4/c19-12-7-5-11(6-8-12)16(21)10-24-18(23)14-9-17(22)20-15-4-2-1-3-13(14)15/h1-9H,10H2,(H,20,22). The third-order valence-corrected chi connectivity index (χ3v) is 3.47. The van der Waals surface area contributed by atoms with Crippen molar-refractivity contribution in [1.29, 1.82) is 0 Å². The van der Waals surface area contributed by atoms with E-state index in [1.165, 1.54) is 12.1 Å². The van der Waals surface area contributed by atoms with Gasteiger partial charge in [0.15, 0.2) is 12.4 Å². The van der Waals surface area contributed by atoms with Crippen molar-refractivity contribution in [1.82, 2.24) is 4.98 Å². The molecule has 1 heterocycles. The molecule has 2 aromatic carbocycles. The highest BCUT2D eigenvalue weighted by atomic mass is 19.1. The summed E-state index contributed by atoms with van der Waals surface area (Å²) in [5, 5.41) is 0.524. The summed E-state index contributed by atoms with van der Waals surface area (Å²) in [6.45, 7) is -0.494. The number of pyridine rings is 1. The van der Waals surface area contributed by atoms with Crippen molar-refractivity contribution in [2.45, 2.75) is 0 Å². The van der Waals surface area contributed by atoms with Crippen molar-refractivity contribution < 1.29 is 18.7 Å². The average Bonchev–Trinajstić information content (AvgIpc) is 2.59. The highest BCUT2D eigenvalue weighted by Gasteiger charge is 2.15. The molecule has 3 aromatic rings. The van der Waals surface area contributed by atoms with Gasteiger partial charge in [-0.15, -0.1) is 0 Å². The molecule has 1 N–H and O–H groups in total. The topological polar surface area (TPSA) is 76.2 Å². The van der Waals surface area contributed by atoms with E-state index in [9.17, 15) is 18.8 Å². The van der Waals surface area contributed by atoms with Crippen LogP contribution in [0.1, 0.15) is 20.7 Å². The Kier molecular flexibility index (Phi) is 4.20. The van der Waals surface area contributed by atoms with Crippen LogP contribution in [0.25, 0.3) is 10.9 Å². The minimum absolute atomic E-state index is 0.0845. The van der Waals surface area contributed by atoms with Gasteiger partial charge in [-0.25, -0.2) is 9.18 Å². The van der Waals surface area contributed by atoms with Crippen LogP contribution in [0.2, 0.25) is 0 Å². The molecule has 0 radical (unpaired) electrons. The number of hydrogen-bond donors (Lipinski definition) is 1. The molecule has 6 heteroatoms. The number of ether oxygens (including phenoxy) is 1. The smallest absolute Gasteiger partial charge is 0.339 e. The number of carbonyl (C=O) groups excluding carboxylic acids is 2. The normalized spacial score (nSPS) is 10.5. The highest BCUT2D eigenvalue weighted by Crippen LogP contribution is 2.15. The molecule has 3 rings (SSSR count). The minimum Gasteiger partial charge on any atom is -0.454 e. The lowest BCUT2D eigenvalue weighted by atomic mass is 10.1. The largest absolute Gasteiger partial charge is 0.454 e. The van der Waals surface area contributed by atoms with Gasteiger partial charge in [-0.1, -0.05) is 18.2 Å². The van der Waals surface area contributed by atoms with Crippen LogP contribution in [-0.4, -0.2) is 23.3 Å². The Balaban J connectivity index is 1.79. The van der Waals surface area contributed by atoms with Gasteiger partial charge in [0.2, 0.25) is 5.56 Å². The molecule has 0 saturated heterocycles. The summed E-state index contributed by atoms with van der Waals surface area (Å²) in [6.07, 6.45) is 0. The second-order valence-corrected chi connectivity index (χ2v) is 5.10. The Hall–Kier alpha value is -3.28. The maximum Gasteiger partial charge on any atom is 0.339 e. The van der Waals surface area contributed by atoms with Gasteiger partial charge in [0.25, 0.3) is 0 Å². The van der Waals surface area contributed by atoms with Gasteiger partial charge in [-0.3, -0.25) is 9.59 Å². The molecule has 0 amide bonds. The van der Waals surface area contributed by atoms with E-state index in [2.05, 4.69) is 4.98 Å². The number of carbonyl (C=O) groups is 2. The number of ketones is 1. The molecule has 0 aliphatic heterocycles. The van der Waals surface area contributed by atoms with Crippen LogP contribution in [-0.2, 0) is 4.74 Å². The van der Waals surface area contributed by atoms with Crippen LogP contribution in [0.4, 0.5) is 4.39 Å². The number of fused-ring (bicyclic) bond motifs is 1. The molecule has 0 aliphatic rings. The van der Waals surface area contributed by atoms with Crippen molar-refractivity contribution in [2.75, 3.05) is 6.61 Å². The summed E-state index contributed by atoms with van der Waals surface area (Å²) < 4.78 is 17.8. The number of benzene rings is 2. The number of rotatable bonds is 4. The molecule has 0 atom stereocenters. The zero-order valence-electron chi connectivity index (χ0n) is 12.4. The number of hydrogen-bond acceptors (Lipinski definition) is 4. The minimum atomic E-state index is -0.771. The summed E-state index contributed by atoms with van der Waals surface area (Å²) in [4.78, 5) is 38.4. The van der Waals surface area contributed by atoms with Gasteiger partial charge in [-0.05, 0) is 30.3 Å². The zero-order valence-corrected chi connectivity index (χ0v) is 12.4. The van der Waals surface area contributed by atoms with Crippen LogP contribution in [0.15, 0.2) is 59.4 Å². The predicted octanol–water partition coefficient (Wildman–Crippen LogP) is 2.71. The van der Waals surface area contributed by atoms with E-state index >= 15 is 0 Å². The first-order chi connectivity index (χ1) is 11.5. The van der Waals surface area contributed by atoms with Gasteiger partial charge in [0.05, 0.1) is 5.56 Å². The molecule has 0 saturated carbocycles. The van der Waals surface area contributed by atoms with E-state index in [1.54, 1.807) is 24.3 Å². The molecule has 0 unspecified atom stereocenters. The highest BCUT2D eigenvalue weighted by molar-refractivity contribution is 6.05. The lowest BCUT2D eigenvalue weighted by molar-refractivity contribution is 0.0476. The third-order valence-electron chi connectivity index (χ3n) is 3.47. The zero-order chi connectivity index (χ0) is 17.1. The van der Waals surface area contributed by atoms with Gasteiger partial charge in [0.1, 0.15) is 5.82 Å². The number of H-pyrrole nitrogens is 1. The Morgan fingerprint density at radius 1 is 1.04 bits per heavy atom. The second-order valence-electron chi connectivity index (χ2n) is 5.10. The van der Waals surface area contributed by atoms with E-state index in [-0.39, 0.29) is 11.1 Å². The van der Waals surface area contributed by atoms with Crippen LogP contribution in [0.3, 0.4) is 0 Å². The lowest BCUT2D eigenvalue weighted by Crippen LogP contribution is -2.17. The summed E-state index contributed by atoms with van der Waals surface area (Å²) in [7, 11) is 0. The van der Waals surface area contributed by atoms with Crippen LogP contribution < -0.4 is 5.56 Å². The van der Waals surface area contributed by atoms with Crippen molar-refractivity contribution in [3.63, 3.8) is 0 Å². The fraction of sp³-hybridized carbons (Fsp3) is 0.0556. The summed E-state index contributed by atoms with van der Waals surface area (Å²) in [5.74, 6) is -1.69. The fourth-order valence-electron chi connectivity index (χ4n) is 2.30. The SMILES string of the molecule is O=C(COC(=O)c1cc(=O)[nH]c2ccccc12)c1ccc(F)cc1. The number of esters is 1. The van der Waals surface area contributed by atoms with Crippen molar-refractivity contribution >= 4 is 22.7 Å². The molecule has 0 fully saturated rings.